The van der Waals surface area contributed by atoms with Crippen LogP contribution in [0.2, 0.25) is 0 Å². The summed E-state index contributed by atoms with van der Waals surface area (Å²) in [7, 11) is 0. The lowest BCUT2D eigenvalue weighted by atomic mass is 10.1. The largest absolute Gasteiger partial charge is 0.363 e. The monoisotopic (exact) mass is 284 g/mol. The highest BCUT2D eigenvalue weighted by Gasteiger charge is 2.23. The Balaban J connectivity index is 2.12. The van der Waals surface area contributed by atoms with Crippen LogP contribution in [0.25, 0.3) is 0 Å². The minimum absolute atomic E-state index is 0.00822. The van der Waals surface area contributed by atoms with Crippen LogP contribution >= 0.6 is 0 Å². The molecule has 1 aromatic rings. The van der Waals surface area contributed by atoms with Gasteiger partial charge < -0.3 is 4.90 Å². The SMILES string of the molecule is C#CCCN1CCN(c2ccc(C#N)cc2[N+](=O)[O-])CC1. The second-order valence-corrected chi connectivity index (χ2v) is 4.86. The number of nitro groups is 1. The Labute approximate surface area is 123 Å². The smallest absolute Gasteiger partial charge is 0.293 e. The Morgan fingerprint density at radius 1 is 1.33 bits per heavy atom. The highest BCUT2D eigenvalue weighted by molar-refractivity contribution is 5.65. The number of benzene rings is 1. The molecule has 6 nitrogen and oxygen atoms in total. The Bertz CT molecular complexity index is 607. The number of hydrogen-bond acceptors (Lipinski definition) is 5. The van der Waals surface area contributed by atoms with Gasteiger partial charge in [0.15, 0.2) is 0 Å². The molecule has 0 radical (unpaired) electrons. The molecular weight excluding hydrogens is 268 g/mol. The summed E-state index contributed by atoms with van der Waals surface area (Å²) in [5.74, 6) is 2.62. The van der Waals surface area contributed by atoms with Crippen molar-refractivity contribution in [2.24, 2.45) is 0 Å². The van der Waals surface area contributed by atoms with Crippen LogP contribution < -0.4 is 4.90 Å². The van der Waals surface area contributed by atoms with E-state index in [0.717, 1.165) is 39.1 Å². The molecule has 6 heteroatoms. The van der Waals surface area contributed by atoms with Crippen LogP contribution in [0.15, 0.2) is 18.2 Å². The lowest BCUT2D eigenvalue weighted by Crippen LogP contribution is -2.46. The molecule has 0 atom stereocenters. The van der Waals surface area contributed by atoms with Crippen molar-refractivity contribution in [2.45, 2.75) is 6.42 Å². The average molecular weight is 284 g/mol. The highest BCUT2D eigenvalue weighted by atomic mass is 16.6. The summed E-state index contributed by atoms with van der Waals surface area (Å²) >= 11 is 0. The van der Waals surface area contributed by atoms with E-state index in [1.165, 1.54) is 6.07 Å². The minimum Gasteiger partial charge on any atom is -0.363 e. The van der Waals surface area contributed by atoms with Crippen LogP contribution in [0, 0.1) is 33.8 Å². The third-order valence-electron chi connectivity index (χ3n) is 3.59. The van der Waals surface area contributed by atoms with Gasteiger partial charge in [-0.15, -0.1) is 12.3 Å². The molecule has 0 aromatic heterocycles. The normalized spacial score (nSPS) is 15.2. The standard InChI is InChI=1S/C15H16N4O2/c1-2-3-6-17-7-9-18(10-8-17)14-5-4-13(12-16)11-15(14)19(20)21/h1,4-5,11H,3,6-10H2. The van der Waals surface area contributed by atoms with Gasteiger partial charge in [0.1, 0.15) is 5.69 Å². The molecule has 1 heterocycles. The van der Waals surface area contributed by atoms with Gasteiger partial charge in [-0.25, -0.2) is 0 Å². The van der Waals surface area contributed by atoms with Gasteiger partial charge in [0, 0.05) is 45.2 Å². The van der Waals surface area contributed by atoms with Gasteiger partial charge >= 0.3 is 0 Å². The van der Waals surface area contributed by atoms with E-state index in [1.54, 1.807) is 12.1 Å². The molecule has 0 saturated carbocycles. The van der Waals surface area contributed by atoms with E-state index in [0.29, 0.717) is 11.3 Å². The molecule has 1 fully saturated rings. The second kappa shape index (κ2) is 6.74. The van der Waals surface area contributed by atoms with Crippen LogP contribution in [-0.4, -0.2) is 42.5 Å². The zero-order chi connectivity index (χ0) is 15.2. The lowest BCUT2D eigenvalue weighted by Gasteiger charge is -2.35. The first-order chi connectivity index (χ1) is 10.2. The zero-order valence-corrected chi connectivity index (χ0v) is 11.7. The summed E-state index contributed by atoms with van der Waals surface area (Å²) in [6.45, 7) is 3.96. The number of nitro benzene ring substituents is 1. The Morgan fingerprint density at radius 2 is 2.05 bits per heavy atom. The van der Waals surface area contributed by atoms with E-state index in [1.807, 2.05) is 11.0 Å². The van der Waals surface area contributed by atoms with E-state index in [2.05, 4.69) is 10.8 Å². The highest BCUT2D eigenvalue weighted by Crippen LogP contribution is 2.29. The van der Waals surface area contributed by atoms with Crippen molar-refractivity contribution in [2.75, 3.05) is 37.6 Å². The predicted molar refractivity (Wildman–Crippen MR) is 79.9 cm³/mol. The van der Waals surface area contributed by atoms with E-state index in [4.69, 9.17) is 11.7 Å². The van der Waals surface area contributed by atoms with Crippen LogP contribution in [-0.2, 0) is 0 Å². The number of terminal acetylenes is 1. The number of nitrogens with zero attached hydrogens (tertiary/aromatic N) is 4. The van der Waals surface area contributed by atoms with Crippen molar-refractivity contribution in [1.29, 1.82) is 5.26 Å². The van der Waals surface area contributed by atoms with E-state index in [9.17, 15) is 10.1 Å². The summed E-state index contributed by atoms with van der Waals surface area (Å²) in [5, 5.41) is 20.0. The molecular formula is C15H16N4O2. The molecule has 0 unspecified atom stereocenters. The van der Waals surface area contributed by atoms with Crippen molar-refractivity contribution in [3.8, 4) is 18.4 Å². The van der Waals surface area contributed by atoms with Crippen molar-refractivity contribution in [3.63, 3.8) is 0 Å². The van der Waals surface area contributed by atoms with Crippen LogP contribution in [0.5, 0.6) is 0 Å². The van der Waals surface area contributed by atoms with E-state index >= 15 is 0 Å². The summed E-state index contributed by atoms with van der Waals surface area (Å²) in [5.41, 5.74) is 0.875. The van der Waals surface area contributed by atoms with Crippen molar-refractivity contribution < 1.29 is 4.92 Å². The Morgan fingerprint density at radius 3 is 2.62 bits per heavy atom. The lowest BCUT2D eigenvalue weighted by molar-refractivity contribution is -0.384. The molecule has 1 aliphatic rings. The molecule has 0 amide bonds. The van der Waals surface area contributed by atoms with Crippen LogP contribution in [0.4, 0.5) is 11.4 Å². The predicted octanol–water partition coefficient (Wildman–Crippen LogP) is 1.61. The third kappa shape index (κ3) is 3.50. The summed E-state index contributed by atoms with van der Waals surface area (Å²) in [6.07, 6.45) is 5.98. The third-order valence-corrected chi connectivity index (χ3v) is 3.59. The first-order valence-electron chi connectivity index (χ1n) is 6.75. The van der Waals surface area contributed by atoms with Gasteiger partial charge in [0.25, 0.3) is 5.69 Å². The van der Waals surface area contributed by atoms with Gasteiger partial charge in [-0.1, -0.05) is 0 Å². The summed E-state index contributed by atoms with van der Waals surface area (Å²) in [6, 6.07) is 6.54. The molecule has 21 heavy (non-hydrogen) atoms. The second-order valence-electron chi connectivity index (χ2n) is 4.86. The van der Waals surface area contributed by atoms with Gasteiger partial charge in [-0.2, -0.15) is 5.26 Å². The van der Waals surface area contributed by atoms with Crippen molar-refractivity contribution in [3.05, 3.63) is 33.9 Å². The number of hydrogen-bond donors (Lipinski definition) is 0. The number of nitriles is 1. The fraction of sp³-hybridized carbons (Fsp3) is 0.400. The Kier molecular flexibility index (Phi) is 4.76. The maximum absolute atomic E-state index is 11.2. The average Bonchev–Trinajstić information content (AvgIpc) is 2.52. The molecule has 0 spiro atoms. The Hall–Kier alpha value is -2.57. The van der Waals surface area contributed by atoms with Crippen molar-refractivity contribution in [1.82, 2.24) is 4.90 Å². The van der Waals surface area contributed by atoms with Crippen LogP contribution in [0.1, 0.15) is 12.0 Å². The van der Waals surface area contributed by atoms with Gasteiger partial charge in [-0.05, 0) is 12.1 Å². The quantitative estimate of drug-likeness (QED) is 0.477. The molecule has 2 rings (SSSR count). The topological polar surface area (TPSA) is 73.4 Å². The maximum Gasteiger partial charge on any atom is 0.293 e. The summed E-state index contributed by atoms with van der Waals surface area (Å²) in [4.78, 5) is 15.0. The van der Waals surface area contributed by atoms with Gasteiger partial charge in [-0.3, -0.25) is 15.0 Å². The number of anilines is 1. The first-order valence-corrected chi connectivity index (χ1v) is 6.75. The van der Waals surface area contributed by atoms with Crippen molar-refractivity contribution >= 4 is 11.4 Å². The van der Waals surface area contributed by atoms with E-state index in [-0.39, 0.29) is 5.69 Å². The first kappa shape index (κ1) is 14.8. The zero-order valence-electron chi connectivity index (χ0n) is 11.7. The molecule has 0 bridgehead atoms. The molecule has 1 aliphatic heterocycles. The van der Waals surface area contributed by atoms with Crippen LogP contribution in [0.3, 0.4) is 0 Å². The molecule has 0 aliphatic carbocycles. The minimum atomic E-state index is -0.430. The molecule has 1 saturated heterocycles. The molecule has 1 aromatic carbocycles. The van der Waals surface area contributed by atoms with E-state index < -0.39 is 4.92 Å². The fourth-order valence-electron chi connectivity index (χ4n) is 2.44. The van der Waals surface area contributed by atoms with Gasteiger partial charge in [0.2, 0.25) is 0 Å². The molecule has 108 valence electrons. The fourth-order valence-corrected chi connectivity index (χ4v) is 2.44. The number of rotatable bonds is 4. The van der Waals surface area contributed by atoms with Gasteiger partial charge in [0.05, 0.1) is 16.6 Å². The number of piperazine rings is 1. The summed E-state index contributed by atoms with van der Waals surface area (Å²) < 4.78 is 0. The maximum atomic E-state index is 11.2. The molecule has 0 N–H and O–H groups in total.